The van der Waals surface area contributed by atoms with Gasteiger partial charge in [0.1, 0.15) is 10.5 Å². The van der Waals surface area contributed by atoms with E-state index >= 15 is 0 Å². The number of nitrogens with two attached hydrogens (primary N) is 1. The fourth-order valence-electron chi connectivity index (χ4n) is 1.62. The molecule has 0 saturated heterocycles. The summed E-state index contributed by atoms with van der Waals surface area (Å²) < 4.78 is 3.38. The van der Waals surface area contributed by atoms with Crippen molar-refractivity contribution in [3.8, 4) is 10.6 Å². The van der Waals surface area contributed by atoms with E-state index in [9.17, 15) is 4.79 Å². The Morgan fingerprint density at radius 2 is 2.35 bits per heavy atom. The van der Waals surface area contributed by atoms with Crippen LogP contribution in [0.4, 0.5) is 0 Å². The molecule has 17 heavy (non-hydrogen) atoms. The van der Waals surface area contributed by atoms with Crippen molar-refractivity contribution in [2.75, 3.05) is 0 Å². The predicted octanol–water partition coefficient (Wildman–Crippen LogP) is 0.895. The van der Waals surface area contributed by atoms with Gasteiger partial charge >= 0.3 is 0 Å². The Morgan fingerprint density at radius 3 is 3.00 bits per heavy atom. The average Bonchev–Trinajstić information content (AvgIpc) is 2.89. The summed E-state index contributed by atoms with van der Waals surface area (Å²) in [6.07, 6.45) is 5.19. The Labute approximate surface area is 100 Å². The highest BCUT2D eigenvalue weighted by Gasteiger charge is 2.14. The number of rotatable bonds is 2. The largest absolute Gasteiger partial charge is 0.365 e. The molecule has 3 heterocycles. The zero-order chi connectivity index (χ0) is 12.0. The van der Waals surface area contributed by atoms with Gasteiger partial charge < -0.3 is 5.73 Å². The van der Waals surface area contributed by atoms with E-state index in [2.05, 4.69) is 10.2 Å². The number of aromatic nitrogens is 4. The number of amides is 1. The molecule has 0 unspecified atom stereocenters. The zero-order valence-electron chi connectivity index (χ0n) is 8.99. The number of hydrogen-bond donors (Lipinski definition) is 1. The van der Waals surface area contributed by atoms with Crippen LogP contribution in [0.2, 0.25) is 0 Å². The number of fused-ring (bicyclic) bond motifs is 1. The van der Waals surface area contributed by atoms with E-state index in [-0.39, 0.29) is 0 Å². The number of hydrogen-bond acceptors (Lipinski definition) is 4. The smallest absolute Gasteiger partial charge is 0.253 e. The van der Waals surface area contributed by atoms with Crippen LogP contribution in [0.5, 0.6) is 0 Å². The number of aryl methyl sites for hydroxylation is 1. The standard InChI is InChI=1S/C10H9N5OS/c1-14-3-2-7(13-14)8-5-15-10(17-8)6(4-12-15)9(11)16/h2-5H,1H3,(H2,11,16). The van der Waals surface area contributed by atoms with Crippen LogP contribution in [0.3, 0.4) is 0 Å². The summed E-state index contributed by atoms with van der Waals surface area (Å²) in [4.78, 5) is 12.9. The minimum absolute atomic E-state index is 0.442. The van der Waals surface area contributed by atoms with Gasteiger partial charge in [-0.15, -0.1) is 11.3 Å². The molecule has 0 saturated carbocycles. The van der Waals surface area contributed by atoms with Crippen molar-refractivity contribution >= 4 is 22.1 Å². The van der Waals surface area contributed by atoms with Crippen molar-refractivity contribution in [2.45, 2.75) is 0 Å². The second kappa shape index (κ2) is 3.42. The maximum atomic E-state index is 11.2. The lowest BCUT2D eigenvalue weighted by atomic mass is 10.3. The lowest BCUT2D eigenvalue weighted by Crippen LogP contribution is -2.09. The molecule has 86 valence electrons. The van der Waals surface area contributed by atoms with Crippen molar-refractivity contribution in [3.05, 3.63) is 30.2 Å². The molecule has 0 aliphatic heterocycles. The van der Waals surface area contributed by atoms with E-state index in [0.29, 0.717) is 5.56 Å². The van der Waals surface area contributed by atoms with Crippen molar-refractivity contribution in [2.24, 2.45) is 12.8 Å². The number of primary amides is 1. The highest BCUT2D eigenvalue weighted by Crippen LogP contribution is 2.28. The monoisotopic (exact) mass is 247 g/mol. The van der Waals surface area contributed by atoms with Gasteiger partial charge in [-0.05, 0) is 6.07 Å². The van der Waals surface area contributed by atoms with Crippen LogP contribution in [0.25, 0.3) is 15.4 Å². The summed E-state index contributed by atoms with van der Waals surface area (Å²) in [7, 11) is 1.86. The van der Waals surface area contributed by atoms with Gasteiger partial charge in [0.15, 0.2) is 0 Å². The Morgan fingerprint density at radius 1 is 1.53 bits per heavy atom. The lowest BCUT2D eigenvalue weighted by molar-refractivity contribution is 0.100. The average molecular weight is 247 g/mol. The van der Waals surface area contributed by atoms with Gasteiger partial charge in [0.2, 0.25) is 0 Å². The summed E-state index contributed by atoms with van der Waals surface area (Å²) >= 11 is 1.45. The van der Waals surface area contributed by atoms with Crippen LogP contribution in [0, 0.1) is 0 Å². The maximum absolute atomic E-state index is 11.2. The van der Waals surface area contributed by atoms with Gasteiger partial charge in [0.05, 0.1) is 16.6 Å². The first-order valence-electron chi connectivity index (χ1n) is 4.92. The molecule has 0 atom stereocenters. The highest BCUT2D eigenvalue weighted by atomic mass is 32.1. The Bertz CT molecular complexity index is 707. The summed E-state index contributed by atoms with van der Waals surface area (Å²) in [6, 6.07) is 1.91. The first kappa shape index (κ1) is 10.0. The second-order valence-corrected chi connectivity index (χ2v) is 4.67. The topological polar surface area (TPSA) is 78.2 Å². The van der Waals surface area contributed by atoms with Crippen LogP contribution in [0.15, 0.2) is 24.7 Å². The predicted molar refractivity (Wildman–Crippen MR) is 63.8 cm³/mol. The molecule has 2 N–H and O–H groups in total. The van der Waals surface area contributed by atoms with Gasteiger partial charge in [-0.25, -0.2) is 4.52 Å². The molecule has 0 bridgehead atoms. The number of thiazole rings is 1. The van der Waals surface area contributed by atoms with Gasteiger partial charge in [0, 0.05) is 19.4 Å². The molecule has 3 rings (SSSR count). The zero-order valence-corrected chi connectivity index (χ0v) is 9.81. The van der Waals surface area contributed by atoms with Crippen LogP contribution in [-0.2, 0) is 7.05 Å². The Balaban J connectivity index is 2.17. The summed E-state index contributed by atoms with van der Waals surface area (Å²) in [6.45, 7) is 0. The normalized spacial score (nSPS) is 11.1. The van der Waals surface area contributed by atoms with E-state index in [1.165, 1.54) is 17.5 Å². The third-order valence-electron chi connectivity index (χ3n) is 2.43. The van der Waals surface area contributed by atoms with Gasteiger partial charge in [-0.1, -0.05) is 0 Å². The first-order valence-corrected chi connectivity index (χ1v) is 5.74. The van der Waals surface area contributed by atoms with Crippen LogP contribution in [-0.4, -0.2) is 25.3 Å². The maximum Gasteiger partial charge on any atom is 0.253 e. The summed E-state index contributed by atoms with van der Waals surface area (Å²) in [5, 5.41) is 8.38. The van der Waals surface area contributed by atoms with Crippen LogP contribution in [0.1, 0.15) is 10.4 Å². The SMILES string of the molecule is Cn1ccc(-c2cn3ncc(C(N)=O)c3s2)n1. The Kier molecular flexibility index (Phi) is 2.02. The fourth-order valence-corrected chi connectivity index (χ4v) is 2.65. The molecule has 0 fully saturated rings. The van der Waals surface area contributed by atoms with Crippen molar-refractivity contribution in [3.63, 3.8) is 0 Å². The summed E-state index contributed by atoms with van der Waals surface area (Å²) in [5.41, 5.74) is 6.57. The van der Waals surface area contributed by atoms with E-state index < -0.39 is 5.91 Å². The van der Waals surface area contributed by atoms with E-state index in [4.69, 9.17) is 5.73 Å². The molecule has 0 spiro atoms. The van der Waals surface area contributed by atoms with E-state index in [1.54, 1.807) is 9.20 Å². The molecule has 6 nitrogen and oxygen atoms in total. The van der Waals surface area contributed by atoms with Gasteiger partial charge in [-0.2, -0.15) is 10.2 Å². The molecule has 3 aromatic rings. The van der Waals surface area contributed by atoms with Crippen molar-refractivity contribution in [1.29, 1.82) is 0 Å². The Hall–Kier alpha value is -2.15. The third-order valence-corrected chi connectivity index (χ3v) is 3.56. The van der Waals surface area contributed by atoms with Crippen molar-refractivity contribution in [1.82, 2.24) is 19.4 Å². The number of carbonyl (C=O) groups is 1. The minimum atomic E-state index is -0.463. The molecule has 0 aliphatic rings. The first-order chi connectivity index (χ1) is 8.15. The molecule has 0 radical (unpaired) electrons. The van der Waals surface area contributed by atoms with Crippen molar-refractivity contribution < 1.29 is 4.79 Å². The minimum Gasteiger partial charge on any atom is -0.365 e. The van der Waals surface area contributed by atoms with Gasteiger partial charge in [0.25, 0.3) is 5.91 Å². The van der Waals surface area contributed by atoms with Crippen LogP contribution >= 0.6 is 11.3 Å². The molecule has 7 heteroatoms. The molecule has 1 amide bonds. The quantitative estimate of drug-likeness (QED) is 0.730. The molecular formula is C10H9N5OS. The highest BCUT2D eigenvalue weighted by molar-refractivity contribution is 7.21. The van der Waals surface area contributed by atoms with Crippen LogP contribution < -0.4 is 5.73 Å². The fraction of sp³-hybridized carbons (Fsp3) is 0.100. The molecule has 3 aromatic heterocycles. The van der Waals surface area contributed by atoms with E-state index in [1.807, 2.05) is 25.5 Å². The molecule has 0 aliphatic carbocycles. The van der Waals surface area contributed by atoms with Gasteiger partial charge in [-0.3, -0.25) is 9.48 Å². The third kappa shape index (κ3) is 1.51. The number of nitrogens with zero attached hydrogens (tertiary/aromatic N) is 4. The summed E-state index contributed by atoms with van der Waals surface area (Å²) in [5.74, 6) is -0.463. The lowest BCUT2D eigenvalue weighted by Gasteiger charge is -1.88. The number of carbonyl (C=O) groups excluding carboxylic acids is 1. The molecule has 0 aromatic carbocycles. The van der Waals surface area contributed by atoms with E-state index in [0.717, 1.165) is 15.4 Å². The molecular weight excluding hydrogens is 238 g/mol. The second-order valence-electron chi connectivity index (χ2n) is 3.64.